The van der Waals surface area contributed by atoms with Gasteiger partial charge in [-0.1, -0.05) is 0 Å². The predicted octanol–water partition coefficient (Wildman–Crippen LogP) is 3.23. The molecule has 0 saturated heterocycles. The van der Waals surface area contributed by atoms with E-state index in [9.17, 15) is 14.0 Å². The van der Waals surface area contributed by atoms with Crippen LogP contribution in [0, 0.1) is 10.2 Å². The van der Waals surface area contributed by atoms with E-state index in [0.717, 1.165) is 82.7 Å². The first kappa shape index (κ1) is 22.3. The standard InChI is InChI=1S/C18H36ClO4P/c1-4-7-15-24(16-8-5-2,17-9-6-3,23-19(20,21)22)18-13-11-10-12-14-18/h13H,4-12,14-17H2,1-3H3. The number of allylic oxidation sites excluding steroid dienone is 2. The maximum atomic E-state index is 11.8. The average molecular weight is 383 g/mol. The summed E-state index contributed by atoms with van der Waals surface area (Å²) < 4.78 is 41.1. The van der Waals surface area contributed by atoms with Crippen molar-refractivity contribution in [2.75, 3.05) is 18.5 Å². The van der Waals surface area contributed by atoms with Crippen molar-refractivity contribution in [3.63, 3.8) is 0 Å². The number of unbranched alkanes of at least 4 members (excludes halogenated alkanes) is 3. The van der Waals surface area contributed by atoms with Crippen molar-refractivity contribution >= 4 is 6.83 Å². The molecule has 1 aliphatic carbocycles. The zero-order chi connectivity index (χ0) is 18.1. The van der Waals surface area contributed by atoms with Crippen LogP contribution >= 0.6 is 6.83 Å². The van der Waals surface area contributed by atoms with Gasteiger partial charge in [0.15, 0.2) is 0 Å². The van der Waals surface area contributed by atoms with Crippen molar-refractivity contribution in [2.24, 2.45) is 0 Å². The Morgan fingerprint density at radius 2 is 1.42 bits per heavy atom. The van der Waals surface area contributed by atoms with E-state index in [1.807, 2.05) is 0 Å². The van der Waals surface area contributed by atoms with Crippen LogP contribution in [-0.2, 0) is 4.08 Å². The van der Waals surface area contributed by atoms with Crippen molar-refractivity contribution in [3.8, 4) is 0 Å². The SMILES string of the molecule is CCCCP(CCCC)(CCCC)(O[Cl+3]([O-])([O-])[O-])C1=CCCCC1. The number of halogens is 1. The number of rotatable bonds is 12. The maximum absolute atomic E-state index is 11.8. The molecule has 0 aromatic carbocycles. The molecule has 1 aliphatic rings. The average Bonchev–Trinajstić information content (AvgIpc) is 2.56. The monoisotopic (exact) mass is 382 g/mol. The molecule has 0 fully saturated rings. The van der Waals surface area contributed by atoms with E-state index in [-0.39, 0.29) is 0 Å². The molecule has 0 unspecified atom stereocenters. The molecule has 0 aliphatic heterocycles. The van der Waals surface area contributed by atoms with Gasteiger partial charge in [0.05, 0.1) is 0 Å². The molecule has 24 heavy (non-hydrogen) atoms. The summed E-state index contributed by atoms with van der Waals surface area (Å²) in [5.41, 5.74) is 0. The second kappa shape index (κ2) is 9.85. The summed E-state index contributed by atoms with van der Waals surface area (Å²) in [7, 11) is -4.40. The van der Waals surface area contributed by atoms with Gasteiger partial charge in [-0.2, -0.15) is 0 Å². The van der Waals surface area contributed by atoms with Gasteiger partial charge >= 0.3 is 150 Å². The van der Waals surface area contributed by atoms with Gasteiger partial charge in [-0.3, -0.25) is 0 Å². The van der Waals surface area contributed by atoms with E-state index >= 15 is 0 Å². The Hall–Kier alpha value is 0.300. The van der Waals surface area contributed by atoms with Crippen molar-refractivity contribution in [2.45, 2.75) is 85.0 Å². The molecule has 0 radical (unpaired) electrons. The van der Waals surface area contributed by atoms with Crippen LogP contribution in [0.1, 0.15) is 85.0 Å². The van der Waals surface area contributed by atoms with Gasteiger partial charge in [0, 0.05) is 0 Å². The summed E-state index contributed by atoms with van der Waals surface area (Å²) in [6, 6.07) is 0. The molecule has 0 amide bonds. The van der Waals surface area contributed by atoms with Gasteiger partial charge in [-0.05, 0) is 0 Å². The molecule has 0 aromatic heterocycles. The van der Waals surface area contributed by atoms with Crippen LogP contribution in [0.15, 0.2) is 11.4 Å². The molecule has 6 heteroatoms. The van der Waals surface area contributed by atoms with Gasteiger partial charge in [0.25, 0.3) is 0 Å². The Kier molecular flexibility index (Phi) is 9.17. The van der Waals surface area contributed by atoms with E-state index in [1.165, 1.54) is 5.31 Å². The van der Waals surface area contributed by atoms with Crippen LogP contribution in [0.25, 0.3) is 0 Å². The summed E-state index contributed by atoms with van der Waals surface area (Å²) in [6.07, 6.45) is 14.3. The third-order valence-corrected chi connectivity index (χ3v) is 13.4. The molecule has 0 N–H and O–H groups in total. The second-order valence-corrected chi connectivity index (χ2v) is 13.7. The van der Waals surface area contributed by atoms with Crippen LogP contribution in [0.5, 0.6) is 0 Å². The molecular weight excluding hydrogens is 347 g/mol. The Balaban J connectivity index is 3.42. The van der Waals surface area contributed by atoms with Crippen LogP contribution in [-0.4, -0.2) is 18.5 Å². The van der Waals surface area contributed by atoms with Gasteiger partial charge in [0.2, 0.25) is 0 Å². The molecule has 0 spiro atoms. The molecule has 0 bridgehead atoms. The Morgan fingerprint density at radius 3 is 1.75 bits per heavy atom. The first-order valence-corrected chi connectivity index (χ1v) is 13.6. The molecule has 144 valence electrons. The number of hydrogen-bond acceptors (Lipinski definition) is 4. The van der Waals surface area contributed by atoms with E-state index in [0.29, 0.717) is 0 Å². The molecule has 0 aromatic rings. The first-order chi connectivity index (χ1) is 11.3. The molecule has 4 nitrogen and oxygen atoms in total. The topological polar surface area (TPSA) is 78.4 Å². The van der Waals surface area contributed by atoms with Gasteiger partial charge < -0.3 is 0 Å². The van der Waals surface area contributed by atoms with Crippen LogP contribution in [0.2, 0.25) is 0 Å². The Bertz CT molecular complexity index is 382. The van der Waals surface area contributed by atoms with Crippen molar-refractivity contribution in [1.29, 1.82) is 0 Å². The molecule has 0 heterocycles. The third kappa shape index (κ3) is 5.93. The fourth-order valence-corrected chi connectivity index (χ4v) is 13.0. The zero-order valence-electron chi connectivity index (χ0n) is 15.7. The second-order valence-electron chi connectivity index (χ2n) is 7.24. The minimum atomic E-state index is -4.40. The Labute approximate surface area is 150 Å². The van der Waals surface area contributed by atoms with E-state index in [2.05, 4.69) is 26.8 Å². The van der Waals surface area contributed by atoms with Crippen LogP contribution in [0.4, 0.5) is 0 Å². The molecular formula is C18H36ClO4P. The van der Waals surface area contributed by atoms with E-state index < -0.39 is 17.1 Å². The fraction of sp³-hybridized carbons (Fsp3) is 0.889. The minimum absolute atomic E-state index is 0.752. The van der Waals surface area contributed by atoms with Crippen molar-refractivity contribution in [1.82, 2.24) is 0 Å². The van der Waals surface area contributed by atoms with Gasteiger partial charge in [-0.15, -0.1) is 0 Å². The normalized spacial score (nSPS) is 18.1. The van der Waals surface area contributed by atoms with E-state index in [1.54, 1.807) is 0 Å². The zero-order valence-corrected chi connectivity index (χ0v) is 17.4. The molecule has 0 atom stereocenters. The van der Waals surface area contributed by atoms with E-state index in [4.69, 9.17) is 4.08 Å². The van der Waals surface area contributed by atoms with Crippen LogP contribution in [0.3, 0.4) is 0 Å². The Morgan fingerprint density at radius 1 is 0.917 bits per heavy atom. The summed E-state index contributed by atoms with van der Waals surface area (Å²) in [5, 5.41) is 1.20. The summed E-state index contributed by atoms with van der Waals surface area (Å²) in [5.74, 6) is 0. The first-order valence-electron chi connectivity index (χ1n) is 9.64. The third-order valence-electron chi connectivity index (χ3n) is 5.35. The fourth-order valence-electron chi connectivity index (χ4n) is 4.05. The van der Waals surface area contributed by atoms with Crippen molar-refractivity contribution < 1.29 is 28.3 Å². The molecule has 0 saturated carbocycles. The summed E-state index contributed by atoms with van der Waals surface area (Å²) in [6.45, 7) is 3.15. The van der Waals surface area contributed by atoms with Crippen LogP contribution < -0.4 is 14.0 Å². The van der Waals surface area contributed by atoms with Crippen molar-refractivity contribution in [3.05, 3.63) is 11.4 Å². The summed E-state index contributed by atoms with van der Waals surface area (Å²) in [4.78, 5) is 0. The predicted molar refractivity (Wildman–Crippen MR) is 93.9 cm³/mol. The quantitative estimate of drug-likeness (QED) is 0.485. The van der Waals surface area contributed by atoms with Gasteiger partial charge in [-0.25, -0.2) is 0 Å². The summed E-state index contributed by atoms with van der Waals surface area (Å²) >= 11 is 0. The molecule has 1 rings (SSSR count). The number of hydrogen-bond donors (Lipinski definition) is 0. The van der Waals surface area contributed by atoms with Gasteiger partial charge in [0.1, 0.15) is 0 Å².